The summed E-state index contributed by atoms with van der Waals surface area (Å²) in [7, 11) is 0. The van der Waals surface area contributed by atoms with Gasteiger partial charge in [0.1, 0.15) is 11.9 Å². The molecule has 27 heavy (non-hydrogen) atoms. The SMILES string of the molecule is CC(C)C(C#Cc1cccc(F)c1)Oc1nsnc1OC1CN2CCC1C2. The molecule has 2 fully saturated rings. The molecule has 2 aliphatic heterocycles. The third kappa shape index (κ3) is 4.23. The van der Waals surface area contributed by atoms with E-state index in [0.717, 1.165) is 31.4 Å². The van der Waals surface area contributed by atoms with Crippen LogP contribution in [0.1, 0.15) is 25.8 Å². The summed E-state index contributed by atoms with van der Waals surface area (Å²) in [5.74, 6) is 7.31. The van der Waals surface area contributed by atoms with Crippen molar-refractivity contribution in [1.29, 1.82) is 0 Å². The summed E-state index contributed by atoms with van der Waals surface area (Å²) in [6.07, 6.45) is 0.941. The van der Waals surface area contributed by atoms with Gasteiger partial charge in [-0.15, -0.1) is 8.75 Å². The van der Waals surface area contributed by atoms with Gasteiger partial charge in [0.05, 0.1) is 11.7 Å². The number of aromatic nitrogens is 2. The minimum atomic E-state index is -0.386. The number of piperidine rings is 1. The number of benzene rings is 1. The Morgan fingerprint density at radius 3 is 2.81 bits per heavy atom. The Morgan fingerprint density at radius 1 is 1.26 bits per heavy atom. The van der Waals surface area contributed by atoms with Gasteiger partial charge < -0.3 is 9.47 Å². The van der Waals surface area contributed by atoms with Gasteiger partial charge in [0.2, 0.25) is 0 Å². The van der Waals surface area contributed by atoms with Crippen LogP contribution in [0.2, 0.25) is 0 Å². The summed E-state index contributed by atoms with van der Waals surface area (Å²) in [4.78, 5) is 2.41. The van der Waals surface area contributed by atoms with E-state index < -0.39 is 0 Å². The van der Waals surface area contributed by atoms with Crippen LogP contribution >= 0.6 is 11.7 Å². The summed E-state index contributed by atoms with van der Waals surface area (Å²) in [5, 5.41) is 0. The summed E-state index contributed by atoms with van der Waals surface area (Å²) in [5.41, 5.74) is 0.619. The molecule has 7 heteroatoms. The molecule has 142 valence electrons. The first-order valence-electron chi connectivity index (χ1n) is 9.24. The van der Waals surface area contributed by atoms with Crippen molar-refractivity contribution in [2.24, 2.45) is 11.8 Å². The molecule has 4 atom stereocenters. The fourth-order valence-electron chi connectivity index (χ4n) is 3.50. The van der Waals surface area contributed by atoms with Crippen molar-refractivity contribution in [3.8, 4) is 23.6 Å². The first-order valence-corrected chi connectivity index (χ1v) is 9.97. The lowest BCUT2D eigenvalue weighted by Crippen LogP contribution is -2.32. The second-order valence-electron chi connectivity index (χ2n) is 7.40. The number of fused-ring (bicyclic) bond motifs is 2. The molecule has 2 aliphatic rings. The van der Waals surface area contributed by atoms with Crippen LogP contribution in [0.25, 0.3) is 0 Å². The lowest BCUT2D eigenvalue weighted by molar-refractivity contribution is 0.122. The molecule has 0 spiro atoms. The van der Waals surface area contributed by atoms with Gasteiger partial charge in [-0.25, -0.2) is 4.39 Å². The summed E-state index contributed by atoms with van der Waals surface area (Å²) in [6, 6.07) is 6.23. The molecule has 5 nitrogen and oxygen atoms in total. The van der Waals surface area contributed by atoms with Crippen LogP contribution in [0, 0.1) is 29.5 Å². The van der Waals surface area contributed by atoms with Crippen LogP contribution < -0.4 is 9.47 Å². The molecule has 2 bridgehead atoms. The summed E-state index contributed by atoms with van der Waals surface area (Å²) >= 11 is 1.08. The van der Waals surface area contributed by atoms with Gasteiger partial charge in [0.25, 0.3) is 11.8 Å². The molecular weight excluding hydrogens is 365 g/mol. The van der Waals surface area contributed by atoms with E-state index in [-0.39, 0.29) is 23.9 Å². The van der Waals surface area contributed by atoms with Crippen molar-refractivity contribution in [2.75, 3.05) is 19.6 Å². The Morgan fingerprint density at radius 2 is 2.11 bits per heavy atom. The maximum absolute atomic E-state index is 13.3. The standard InChI is InChI=1S/C20H22FN3O2S/c1-13(2)17(7-6-14-4-3-5-16(21)10-14)25-19-20(23-27-22-19)26-18-12-24-9-8-15(18)11-24/h3-5,10,13,15,17-18H,8-9,11-12H2,1-2H3. The third-order valence-corrected chi connectivity index (χ3v) is 5.49. The van der Waals surface area contributed by atoms with Gasteiger partial charge in [-0.2, -0.15) is 0 Å². The van der Waals surface area contributed by atoms with Crippen LogP contribution in [0.15, 0.2) is 24.3 Å². The van der Waals surface area contributed by atoms with Crippen LogP contribution in [0.4, 0.5) is 4.39 Å². The molecule has 4 unspecified atom stereocenters. The molecule has 4 rings (SSSR count). The zero-order chi connectivity index (χ0) is 18.8. The second kappa shape index (κ2) is 7.83. The zero-order valence-corrected chi connectivity index (χ0v) is 16.2. The van der Waals surface area contributed by atoms with Gasteiger partial charge in [-0.1, -0.05) is 31.8 Å². The van der Waals surface area contributed by atoms with E-state index in [1.54, 1.807) is 12.1 Å². The van der Waals surface area contributed by atoms with E-state index in [4.69, 9.17) is 9.47 Å². The molecule has 0 aliphatic carbocycles. The number of halogens is 1. The maximum Gasteiger partial charge on any atom is 0.292 e. The smallest absolute Gasteiger partial charge is 0.292 e. The first kappa shape index (κ1) is 18.2. The van der Waals surface area contributed by atoms with E-state index in [9.17, 15) is 4.39 Å². The number of nitrogens with zero attached hydrogens (tertiary/aromatic N) is 3. The number of rotatable bonds is 5. The highest BCUT2D eigenvalue weighted by Crippen LogP contribution is 2.34. The van der Waals surface area contributed by atoms with Crippen LogP contribution in [-0.2, 0) is 0 Å². The van der Waals surface area contributed by atoms with Crippen molar-refractivity contribution in [1.82, 2.24) is 13.6 Å². The Balaban J connectivity index is 1.46. The van der Waals surface area contributed by atoms with Gasteiger partial charge >= 0.3 is 0 Å². The molecule has 2 saturated heterocycles. The minimum Gasteiger partial charge on any atom is -0.468 e. The van der Waals surface area contributed by atoms with Crippen molar-refractivity contribution in [3.63, 3.8) is 0 Å². The van der Waals surface area contributed by atoms with E-state index in [1.807, 2.05) is 13.8 Å². The van der Waals surface area contributed by atoms with Gasteiger partial charge in [-0.05, 0) is 31.2 Å². The monoisotopic (exact) mass is 387 g/mol. The molecule has 1 aromatic heterocycles. The van der Waals surface area contributed by atoms with Gasteiger partial charge in [0, 0.05) is 30.5 Å². The van der Waals surface area contributed by atoms with E-state index in [1.165, 1.54) is 18.6 Å². The van der Waals surface area contributed by atoms with E-state index in [2.05, 4.69) is 25.5 Å². The van der Waals surface area contributed by atoms with Crippen molar-refractivity contribution in [3.05, 3.63) is 35.6 Å². The van der Waals surface area contributed by atoms with Crippen LogP contribution in [0.3, 0.4) is 0 Å². The molecule has 0 N–H and O–H groups in total. The number of hydrogen-bond acceptors (Lipinski definition) is 6. The van der Waals surface area contributed by atoms with Crippen LogP contribution in [-0.4, -0.2) is 45.5 Å². The van der Waals surface area contributed by atoms with Crippen molar-refractivity contribution in [2.45, 2.75) is 32.5 Å². The summed E-state index contributed by atoms with van der Waals surface area (Å²) in [6.45, 7) is 7.25. The highest BCUT2D eigenvalue weighted by Gasteiger charge is 2.40. The highest BCUT2D eigenvalue weighted by molar-refractivity contribution is 6.99. The lowest BCUT2D eigenvalue weighted by atomic mass is 10.0. The first-order chi connectivity index (χ1) is 13.1. The van der Waals surface area contributed by atoms with Crippen LogP contribution in [0.5, 0.6) is 11.8 Å². The fourth-order valence-corrected chi connectivity index (χ4v) is 3.93. The number of hydrogen-bond donors (Lipinski definition) is 0. The highest BCUT2D eigenvalue weighted by atomic mass is 32.1. The largest absolute Gasteiger partial charge is 0.468 e. The van der Waals surface area contributed by atoms with Gasteiger partial charge in [-0.3, -0.25) is 4.90 Å². The Labute approximate surface area is 162 Å². The minimum absolute atomic E-state index is 0.134. The second-order valence-corrected chi connectivity index (χ2v) is 7.93. The van der Waals surface area contributed by atoms with Gasteiger partial charge in [0.15, 0.2) is 6.10 Å². The molecule has 0 radical (unpaired) electrons. The Hall–Kier alpha value is -2.17. The zero-order valence-electron chi connectivity index (χ0n) is 15.4. The third-order valence-electron chi connectivity index (χ3n) is 4.99. The molecule has 3 heterocycles. The maximum atomic E-state index is 13.3. The number of ether oxygens (including phenoxy) is 2. The average Bonchev–Trinajstić information content (AvgIpc) is 3.36. The Bertz CT molecular complexity index is 860. The summed E-state index contributed by atoms with van der Waals surface area (Å²) < 4.78 is 34.0. The van der Waals surface area contributed by atoms with Crippen molar-refractivity contribution >= 4 is 11.7 Å². The molecule has 2 aromatic rings. The predicted octanol–water partition coefficient (Wildman–Crippen LogP) is 3.22. The van der Waals surface area contributed by atoms with E-state index >= 15 is 0 Å². The predicted molar refractivity (Wildman–Crippen MR) is 101 cm³/mol. The fraction of sp³-hybridized carbons (Fsp3) is 0.500. The average molecular weight is 387 g/mol. The molecule has 1 aromatic carbocycles. The lowest BCUT2D eigenvalue weighted by Gasteiger charge is -2.23. The van der Waals surface area contributed by atoms with E-state index in [0.29, 0.717) is 23.2 Å². The van der Waals surface area contributed by atoms with Crippen molar-refractivity contribution < 1.29 is 13.9 Å². The quantitative estimate of drug-likeness (QED) is 0.738. The molecule has 0 amide bonds. The Kier molecular flexibility index (Phi) is 5.28. The topological polar surface area (TPSA) is 47.5 Å². The molecular formula is C20H22FN3O2S. The normalized spacial score (nSPS) is 24.5. The molecule has 0 saturated carbocycles.